The lowest BCUT2D eigenvalue weighted by Crippen LogP contribution is -2.63. The van der Waals surface area contributed by atoms with Gasteiger partial charge in [-0.1, -0.05) is 12.8 Å². The SMILES string of the molecule is COC1CCCCC1(CN)N(C)CC1CCCCO1. The van der Waals surface area contributed by atoms with Crippen LogP contribution in [0.15, 0.2) is 0 Å². The number of likely N-dealkylation sites (N-methyl/N-ethyl adjacent to an activating group) is 1. The molecule has 3 unspecified atom stereocenters. The molecule has 0 aromatic rings. The summed E-state index contributed by atoms with van der Waals surface area (Å²) in [4.78, 5) is 2.43. The Balaban J connectivity index is 2.01. The van der Waals surface area contributed by atoms with Gasteiger partial charge in [-0.15, -0.1) is 0 Å². The summed E-state index contributed by atoms with van der Waals surface area (Å²) in [6.45, 7) is 2.58. The van der Waals surface area contributed by atoms with Gasteiger partial charge in [-0.25, -0.2) is 0 Å². The number of methoxy groups -OCH3 is 1. The van der Waals surface area contributed by atoms with Crippen LogP contribution in [-0.4, -0.2) is 56.5 Å². The summed E-state index contributed by atoms with van der Waals surface area (Å²) in [6, 6.07) is 0. The largest absolute Gasteiger partial charge is 0.379 e. The number of hydrogen-bond donors (Lipinski definition) is 1. The topological polar surface area (TPSA) is 47.7 Å². The van der Waals surface area contributed by atoms with Gasteiger partial charge >= 0.3 is 0 Å². The molecule has 1 saturated heterocycles. The van der Waals surface area contributed by atoms with Crippen LogP contribution in [0, 0.1) is 0 Å². The molecule has 3 atom stereocenters. The van der Waals surface area contributed by atoms with Gasteiger partial charge in [0.1, 0.15) is 0 Å². The number of hydrogen-bond acceptors (Lipinski definition) is 4. The molecular weight excluding hydrogens is 240 g/mol. The molecule has 1 heterocycles. The third-order valence-corrected chi connectivity index (χ3v) is 5.08. The summed E-state index contributed by atoms with van der Waals surface area (Å²) in [6.07, 6.45) is 9.12. The molecule has 0 radical (unpaired) electrons. The molecule has 4 nitrogen and oxygen atoms in total. The molecule has 2 N–H and O–H groups in total. The first-order chi connectivity index (χ1) is 9.23. The minimum Gasteiger partial charge on any atom is -0.379 e. The van der Waals surface area contributed by atoms with Gasteiger partial charge in [-0.2, -0.15) is 0 Å². The lowest BCUT2D eigenvalue weighted by molar-refractivity contribution is -0.0888. The van der Waals surface area contributed by atoms with Crippen LogP contribution in [0.1, 0.15) is 44.9 Å². The maximum absolute atomic E-state index is 6.15. The van der Waals surface area contributed by atoms with Crippen molar-refractivity contribution in [2.45, 2.75) is 62.7 Å². The predicted octanol–water partition coefficient (Wildman–Crippen LogP) is 1.77. The van der Waals surface area contributed by atoms with Crippen molar-refractivity contribution in [3.63, 3.8) is 0 Å². The molecule has 112 valence electrons. The molecule has 4 heteroatoms. The van der Waals surface area contributed by atoms with Gasteiger partial charge in [0.25, 0.3) is 0 Å². The van der Waals surface area contributed by atoms with Crippen LogP contribution < -0.4 is 5.73 Å². The molecule has 1 saturated carbocycles. The van der Waals surface area contributed by atoms with Crippen LogP contribution in [-0.2, 0) is 9.47 Å². The summed E-state index contributed by atoms with van der Waals surface area (Å²) in [7, 11) is 4.02. The van der Waals surface area contributed by atoms with E-state index in [2.05, 4.69) is 11.9 Å². The summed E-state index contributed by atoms with van der Waals surface area (Å²) < 4.78 is 11.6. The number of nitrogens with two attached hydrogens (primary N) is 1. The molecule has 2 aliphatic rings. The fraction of sp³-hybridized carbons (Fsp3) is 1.00. The van der Waals surface area contributed by atoms with Gasteiger partial charge in [-0.3, -0.25) is 4.90 Å². The van der Waals surface area contributed by atoms with Crippen LogP contribution >= 0.6 is 0 Å². The molecule has 0 aromatic heterocycles. The Labute approximate surface area is 117 Å². The molecular formula is C15H30N2O2. The van der Waals surface area contributed by atoms with Crippen molar-refractivity contribution in [1.82, 2.24) is 4.90 Å². The van der Waals surface area contributed by atoms with Gasteiger partial charge in [0.15, 0.2) is 0 Å². The predicted molar refractivity (Wildman–Crippen MR) is 77.3 cm³/mol. The van der Waals surface area contributed by atoms with Gasteiger partial charge in [0, 0.05) is 26.8 Å². The van der Waals surface area contributed by atoms with Crippen LogP contribution in [0.4, 0.5) is 0 Å². The van der Waals surface area contributed by atoms with Gasteiger partial charge in [0.2, 0.25) is 0 Å². The lowest BCUT2D eigenvalue weighted by Gasteiger charge is -2.49. The fourth-order valence-electron chi connectivity index (χ4n) is 3.79. The lowest BCUT2D eigenvalue weighted by atomic mass is 9.77. The van der Waals surface area contributed by atoms with Crippen molar-refractivity contribution in [2.75, 3.05) is 33.9 Å². The van der Waals surface area contributed by atoms with Crippen LogP contribution in [0.5, 0.6) is 0 Å². The van der Waals surface area contributed by atoms with Gasteiger partial charge < -0.3 is 15.2 Å². The van der Waals surface area contributed by atoms with E-state index in [-0.39, 0.29) is 11.6 Å². The molecule has 1 aliphatic carbocycles. The van der Waals surface area contributed by atoms with E-state index in [1.807, 2.05) is 7.11 Å². The first-order valence-electron chi connectivity index (χ1n) is 7.78. The number of rotatable bonds is 5. The van der Waals surface area contributed by atoms with E-state index in [4.69, 9.17) is 15.2 Å². The highest BCUT2D eigenvalue weighted by molar-refractivity contribution is 5.00. The van der Waals surface area contributed by atoms with Crippen LogP contribution in [0.3, 0.4) is 0 Å². The zero-order valence-electron chi connectivity index (χ0n) is 12.6. The quantitative estimate of drug-likeness (QED) is 0.827. The highest BCUT2D eigenvalue weighted by Gasteiger charge is 2.43. The summed E-state index contributed by atoms with van der Waals surface area (Å²) in [5, 5.41) is 0. The van der Waals surface area contributed by atoms with E-state index < -0.39 is 0 Å². The van der Waals surface area contributed by atoms with E-state index in [1.54, 1.807) is 0 Å². The Morgan fingerprint density at radius 2 is 2.05 bits per heavy atom. The third-order valence-electron chi connectivity index (χ3n) is 5.08. The zero-order valence-corrected chi connectivity index (χ0v) is 12.6. The highest BCUT2D eigenvalue weighted by Crippen LogP contribution is 2.35. The second-order valence-corrected chi connectivity index (χ2v) is 6.15. The van der Waals surface area contributed by atoms with E-state index >= 15 is 0 Å². The minimum atomic E-state index is 0.00775. The van der Waals surface area contributed by atoms with Gasteiger partial charge in [0.05, 0.1) is 17.7 Å². The maximum Gasteiger partial charge on any atom is 0.0767 e. The Bertz CT molecular complexity index is 269. The van der Waals surface area contributed by atoms with Crippen LogP contribution in [0.2, 0.25) is 0 Å². The number of ether oxygens (including phenoxy) is 2. The maximum atomic E-state index is 6.15. The summed E-state index contributed by atoms with van der Waals surface area (Å²) in [5.41, 5.74) is 6.16. The average Bonchev–Trinajstić information content (AvgIpc) is 2.47. The first-order valence-corrected chi connectivity index (χ1v) is 7.78. The Morgan fingerprint density at radius 3 is 2.68 bits per heavy atom. The minimum absolute atomic E-state index is 0.00775. The fourth-order valence-corrected chi connectivity index (χ4v) is 3.79. The molecule has 1 aliphatic heterocycles. The molecule has 0 amide bonds. The van der Waals surface area contributed by atoms with Crippen molar-refractivity contribution in [3.05, 3.63) is 0 Å². The number of nitrogens with zero attached hydrogens (tertiary/aromatic N) is 1. The Morgan fingerprint density at radius 1 is 1.26 bits per heavy atom. The molecule has 2 rings (SSSR count). The normalized spacial score (nSPS) is 36.6. The second kappa shape index (κ2) is 7.02. The van der Waals surface area contributed by atoms with Crippen molar-refractivity contribution in [2.24, 2.45) is 5.73 Å². The zero-order chi connectivity index (χ0) is 13.7. The van der Waals surface area contributed by atoms with Crippen molar-refractivity contribution >= 4 is 0 Å². The summed E-state index contributed by atoms with van der Waals surface area (Å²) >= 11 is 0. The Hall–Kier alpha value is -0.160. The van der Waals surface area contributed by atoms with Crippen molar-refractivity contribution in [1.29, 1.82) is 0 Å². The first kappa shape index (κ1) is 15.2. The molecule has 0 aromatic carbocycles. The van der Waals surface area contributed by atoms with Crippen LogP contribution in [0.25, 0.3) is 0 Å². The molecule has 19 heavy (non-hydrogen) atoms. The second-order valence-electron chi connectivity index (χ2n) is 6.15. The van der Waals surface area contributed by atoms with E-state index in [9.17, 15) is 0 Å². The third kappa shape index (κ3) is 3.30. The van der Waals surface area contributed by atoms with Gasteiger partial charge in [-0.05, 0) is 39.2 Å². The molecule has 2 fully saturated rings. The standard InChI is InChI=1S/C15H30N2O2/c1-17(11-13-7-4-6-10-19-13)15(12-16)9-5-3-8-14(15)18-2/h13-14H,3-12,16H2,1-2H3. The monoisotopic (exact) mass is 270 g/mol. The highest BCUT2D eigenvalue weighted by atomic mass is 16.5. The van der Waals surface area contributed by atoms with E-state index in [0.29, 0.717) is 12.6 Å². The van der Waals surface area contributed by atoms with E-state index in [0.717, 1.165) is 26.0 Å². The smallest absolute Gasteiger partial charge is 0.0767 e. The van der Waals surface area contributed by atoms with Crippen molar-refractivity contribution < 1.29 is 9.47 Å². The van der Waals surface area contributed by atoms with Crippen molar-refractivity contribution in [3.8, 4) is 0 Å². The average molecular weight is 270 g/mol. The Kier molecular flexibility index (Phi) is 5.63. The molecule has 0 bridgehead atoms. The van der Waals surface area contributed by atoms with E-state index in [1.165, 1.54) is 32.1 Å². The summed E-state index contributed by atoms with van der Waals surface area (Å²) in [5.74, 6) is 0. The molecule has 0 spiro atoms.